The largest absolute Gasteiger partial charge is 0.507 e. The number of benzene rings is 1. The fourth-order valence-corrected chi connectivity index (χ4v) is 4.62. The third kappa shape index (κ3) is 2.28. The van der Waals surface area contributed by atoms with Crippen molar-refractivity contribution in [2.45, 2.75) is 51.2 Å². The Labute approximate surface area is 152 Å². The number of nitrogens with zero attached hydrogens (tertiary/aromatic N) is 3. The highest BCUT2D eigenvalue weighted by Crippen LogP contribution is 2.44. The van der Waals surface area contributed by atoms with Gasteiger partial charge in [-0.1, -0.05) is 0 Å². The molecule has 2 aromatic rings. The van der Waals surface area contributed by atoms with Gasteiger partial charge in [0.2, 0.25) is 0 Å². The molecule has 0 radical (unpaired) electrons. The second-order valence-electron chi connectivity index (χ2n) is 8.07. The second-order valence-corrected chi connectivity index (χ2v) is 8.07. The summed E-state index contributed by atoms with van der Waals surface area (Å²) < 4.78 is 5.58. The van der Waals surface area contributed by atoms with Crippen LogP contribution in [0.2, 0.25) is 0 Å². The molecule has 0 amide bonds. The quantitative estimate of drug-likeness (QED) is 0.863. The highest BCUT2D eigenvalue weighted by Gasteiger charge is 2.43. The van der Waals surface area contributed by atoms with Gasteiger partial charge in [0.1, 0.15) is 11.5 Å². The van der Waals surface area contributed by atoms with Crippen LogP contribution >= 0.6 is 0 Å². The van der Waals surface area contributed by atoms with E-state index in [2.05, 4.69) is 21.2 Å². The van der Waals surface area contributed by atoms with Gasteiger partial charge in [-0.2, -0.15) is 0 Å². The monoisotopic (exact) mass is 353 g/mol. The minimum absolute atomic E-state index is 0.275. The van der Waals surface area contributed by atoms with Gasteiger partial charge in [0.15, 0.2) is 5.82 Å². The molecule has 3 aliphatic rings. The number of aryl methyl sites for hydroxylation is 1. The lowest BCUT2D eigenvalue weighted by atomic mass is 9.76. The molecule has 0 bridgehead atoms. The maximum atomic E-state index is 10.8. The number of hydrogen-bond acceptors (Lipinski definition) is 6. The summed E-state index contributed by atoms with van der Waals surface area (Å²) in [5.41, 5.74) is 3.91. The minimum Gasteiger partial charge on any atom is -0.507 e. The van der Waals surface area contributed by atoms with Crippen LogP contribution in [0.1, 0.15) is 36.5 Å². The number of ether oxygens (including phenoxy) is 1. The summed E-state index contributed by atoms with van der Waals surface area (Å²) in [4.78, 5) is 2.27. The lowest BCUT2D eigenvalue weighted by Gasteiger charge is -2.46. The number of aromatic nitrogens is 2. The minimum atomic E-state index is -0.545. The summed E-state index contributed by atoms with van der Waals surface area (Å²) in [5.74, 6) is 1.98. The Morgan fingerprint density at radius 3 is 2.81 bits per heavy atom. The van der Waals surface area contributed by atoms with Crippen molar-refractivity contribution in [2.24, 2.45) is 0 Å². The van der Waals surface area contributed by atoms with Crippen LogP contribution in [0.4, 0.5) is 5.82 Å². The fraction of sp³-hybridized carbons (Fsp3) is 0.500. The van der Waals surface area contributed by atoms with Gasteiger partial charge in [0.25, 0.3) is 0 Å². The molecule has 6 heteroatoms. The highest BCUT2D eigenvalue weighted by molar-refractivity contribution is 5.76. The molecule has 136 valence electrons. The van der Waals surface area contributed by atoms with E-state index < -0.39 is 5.60 Å². The third-order valence-corrected chi connectivity index (χ3v) is 5.96. The Balaban J connectivity index is 1.50. The number of hydrogen-bond donors (Lipinski definition) is 2. The average molecular weight is 353 g/mol. The first-order valence-electron chi connectivity index (χ1n) is 9.27. The summed E-state index contributed by atoms with van der Waals surface area (Å²) >= 11 is 0. The number of rotatable bonds is 2. The SMILES string of the molecule is Cc1cc2c(c(O)c1-c1cc3c(nn1)N(C1CC(C)(O)C1)CC3)CCO2. The molecule has 26 heavy (non-hydrogen) atoms. The van der Waals surface area contributed by atoms with Crippen molar-refractivity contribution in [3.63, 3.8) is 0 Å². The summed E-state index contributed by atoms with van der Waals surface area (Å²) in [6.45, 7) is 5.38. The molecule has 0 unspecified atom stereocenters. The summed E-state index contributed by atoms with van der Waals surface area (Å²) in [6, 6.07) is 4.39. The highest BCUT2D eigenvalue weighted by atomic mass is 16.5. The molecule has 1 aromatic heterocycles. The second kappa shape index (κ2) is 5.33. The maximum absolute atomic E-state index is 10.8. The number of aromatic hydroxyl groups is 1. The zero-order chi connectivity index (χ0) is 18.1. The lowest BCUT2D eigenvalue weighted by molar-refractivity contribution is -0.0307. The van der Waals surface area contributed by atoms with Crippen LogP contribution in [0.3, 0.4) is 0 Å². The Morgan fingerprint density at radius 1 is 1.23 bits per heavy atom. The summed E-state index contributed by atoms with van der Waals surface area (Å²) in [7, 11) is 0. The Morgan fingerprint density at radius 2 is 2.04 bits per heavy atom. The predicted molar refractivity (Wildman–Crippen MR) is 97.8 cm³/mol. The van der Waals surface area contributed by atoms with Gasteiger partial charge >= 0.3 is 0 Å². The molecule has 1 aromatic carbocycles. The zero-order valence-corrected chi connectivity index (χ0v) is 15.1. The summed E-state index contributed by atoms with van der Waals surface area (Å²) in [5, 5.41) is 29.7. The fourth-order valence-electron chi connectivity index (χ4n) is 4.62. The lowest BCUT2D eigenvalue weighted by Crippen LogP contribution is -2.53. The molecule has 6 nitrogen and oxygen atoms in total. The standard InChI is InChI=1S/C20H23N3O3/c1-11-7-16-14(4-6-26-16)18(24)17(11)15-8-12-3-5-23(19(12)22-21-15)13-9-20(2,25)10-13/h7-8,13,24-25H,3-6,9-10H2,1-2H3. The molecule has 3 heterocycles. The van der Waals surface area contributed by atoms with E-state index in [4.69, 9.17) is 4.74 Å². The van der Waals surface area contributed by atoms with E-state index in [0.29, 0.717) is 12.6 Å². The van der Waals surface area contributed by atoms with Crippen molar-refractivity contribution in [2.75, 3.05) is 18.1 Å². The van der Waals surface area contributed by atoms with Gasteiger partial charge in [0, 0.05) is 35.7 Å². The molecule has 5 rings (SSSR count). The van der Waals surface area contributed by atoms with Crippen molar-refractivity contribution < 1.29 is 14.9 Å². The van der Waals surface area contributed by atoms with E-state index in [-0.39, 0.29) is 5.75 Å². The Hall–Kier alpha value is -2.34. The average Bonchev–Trinajstić information content (AvgIpc) is 3.18. The van der Waals surface area contributed by atoms with Crippen LogP contribution in [-0.4, -0.2) is 45.2 Å². The maximum Gasteiger partial charge on any atom is 0.154 e. The molecule has 2 N–H and O–H groups in total. The van der Waals surface area contributed by atoms with Crippen LogP contribution in [0.5, 0.6) is 11.5 Å². The molecule has 1 saturated carbocycles. The van der Waals surface area contributed by atoms with E-state index in [1.54, 1.807) is 0 Å². The summed E-state index contributed by atoms with van der Waals surface area (Å²) in [6.07, 6.45) is 3.20. The van der Waals surface area contributed by atoms with Crippen molar-refractivity contribution in [1.82, 2.24) is 10.2 Å². The van der Waals surface area contributed by atoms with E-state index in [1.807, 2.05) is 19.9 Å². The van der Waals surface area contributed by atoms with Crippen LogP contribution < -0.4 is 9.64 Å². The van der Waals surface area contributed by atoms with E-state index >= 15 is 0 Å². The van der Waals surface area contributed by atoms with Crippen molar-refractivity contribution in [1.29, 1.82) is 0 Å². The predicted octanol–water partition coefficient (Wildman–Crippen LogP) is 2.37. The van der Waals surface area contributed by atoms with Gasteiger partial charge < -0.3 is 19.8 Å². The van der Waals surface area contributed by atoms with E-state index in [9.17, 15) is 10.2 Å². The molecular weight excluding hydrogens is 330 g/mol. The van der Waals surface area contributed by atoms with Gasteiger partial charge in [0.05, 0.1) is 17.9 Å². The number of aliphatic hydroxyl groups is 1. The number of anilines is 1. The molecule has 0 atom stereocenters. The molecule has 1 aliphatic carbocycles. The third-order valence-electron chi connectivity index (χ3n) is 5.96. The first-order valence-corrected chi connectivity index (χ1v) is 9.27. The van der Waals surface area contributed by atoms with Crippen LogP contribution in [0, 0.1) is 6.92 Å². The first-order chi connectivity index (χ1) is 12.4. The van der Waals surface area contributed by atoms with E-state index in [0.717, 1.165) is 71.7 Å². The molecular formula is C20H23N3O3. The van der Waals surface area contributed by atoms with Crippen LogP contribution in [-0.2, 0) is 12.8 Å². The normalized spacial score (nSPS) is 26.3. The van der Waals surface area contributed by atoms with Crippen molar-refractivity contribution in [3.05, 3.63) is 28.8 Å². The number of fused-ring (bicyclic) bond motifs is 2. The van der Waals surface area contributed by atoms with Crippen molar-refractivity contribution >= 4 is 5.82 Å². The first kappa shape index (κ1) is 15.9. The van der Waals surface area contributed by atoms with Gasteiger partial charge in [-0.15, -0.1) is 10.2 Å². The smallest absolute Gasteiger partial charge is 0.154 e. The van der Waals surface area contributed by atoms with Crippen LogP contribution in [0.25, 0.3) is 11.3 Å². The van der Waals surface area contributed by atoms with Gasteiger partial charge in [-0.25, -0.2) is 0 Å². The van der Waals surface area contributed by atoms with Crippen molar-refractivity contribution in [3.8, 4) is 22.8 Å². The zero-order valence-electron chi connectivity index (χ0n) is 15.1. The van der Waals surface area contributed by atoms with Gasteiger partial charge in [-0.3, -0.25) is 0 Å². The number of phenolic OH excluding ortho intramolecular Hbond substituents is 1. The van der Waals surface area contributed by atoms with Crippen LogP contribution in [0.15, 0.2) is 12.1 Å². The number of phenols is 1. The Kier molecular flexibility index (Phi) is 3.26. The van der Waals surface area contributed by atoms with Gasteiger partial charge in [-0.05, 0) is 50.8 Å². The Bertz CT molecular complexity index is 902. The molecule has 0 saturated heterocycles. The topological polar surface area (TPSA) is 78.7 Å². The molecule has 2 aliphatic heterocycles. The molecule has 0 spiro atoms. The van der Waals surface area contributed by atoms with E-state index in [1.165, 1.54) is 0 Å². The molecule has 1 fully saturated rings.